The third kappa shape index (κ3) is 6.15. The smallest absolute Gasteiger partial charge is 0.434 e. The Morgan fingerprint density at radius 3 is 2.62 bits per heavy atom. The van der Waals surface area contributed by atoms with Gasteiger partial charge in [0.25, 0.3) is 5.91 Å². The highest BCUT2D eigenvalue weighted by Gasteiger charge is 2.44. The van der Waals surface area contributed by atoms with Gasteiger partial charge in [0.2, 0.25) is 0 Å². The molecule has 11 heteroatoms. The number of amides is 1. The van der Waals surface area contributed by atoms with Crippen LogP contribution in [0.25, 0.3) is 0 Å². The summed E-state index contributed by atoms with van der Waals surface area (Å²) in [6.07, 6.45) is -0.124. The van der Waals surface area contributed by atoms with Gasteiger partial charge in [-0.3, -0.25) is 4.79 Å². The van der Waals surface area contributed by atoms with Crippen LogP contribution in [0.2, 0.25) is 5.02 Å². The predicted octanol–water partition coefficient (Wildman–Crippen LogP) is 6.71. The van der Waals surface area contributed by atoms with Gasteiger partial charge in [0.1, 0.15) is 16.5 Å². The first-order chi connectivity index (χ1) is 19.4. The fraction of sp³-hybridized carbons (Fsp3) is 0.310. The summed E-state index contributed by atoms with van der Waals surface area (Å²) in [7, 11) is 0. The van der Waals surface area contributed by atoms with Crippen molar-refractivity contribution in [3.05, 3.63) is 91.9 Å². The number of anilines is 1. The van der Waals surface area contributed by atoms with Crippen molar-refractivity contribution in [2.75, 3.05) is 37.8 Å². The topological polar surface area (TPSA) is 77.1 Å². The molecule has 1 aromatic heterocycles. The molecule has 7 nitrogen and oxygen atoms in total. The lowest BCUT2D eigenvalue weighted by Crippen LogP contribution is -2.50. The first kappa shape index (κ1) is 28.5. The number of morpholine rings is 1. The van der Waals surface area contributed by atoms with Crippen LogP contribution in [0.1, 0.15) is 30.9 Å². The van der Waals surface area contributed by atoms with E-state index >= 15 is 0 Å². The Morgan fingerprint density at radius 1 is 1.18 bits per heavy atom. The van der Waals surface area contributed by atoms with Crippen molar-refractivity contribution < 1.29 is 28.2 Å². The first-order valence-corrected chi connectivity index (χ1v) is 15.0. The predicted molar refractivity (Wildman–Crippen MR) is 154 cm³/mol. The van der Waals surface area contributed by atoms with Gasteiger partial charge in [-0.2, -0.15) is 11.3 Å². The molecule has 5 rings (SSSR count). The third-order valence-corrected chi connectivity index (χ3v) is 9.00. The van der Waals surface area contributed by atoms with Gasteiger partial charge in [0, 0.05) is 30.1 Å². The normalized spacial score (nSPS) is 19.4. The number of nitrogens with zero attached hydrogens (tertiary/aromatic N) is 1. The Bertz CT molecular complexity index is 1390. The molecule has 1 amide bonds. The fourth-order valence-electron chi connectivity index (χ4n) is 4.71. The maximum atomic E-state index is 13.8. The number of thiophene rings is 1. The summed E-state index contributed by atoms with van der Waals surface area (Å²) < 4.78 is 30.1. The number of carbonyl (C=O) groups excluding carboxylic acids is 2. The molecule has 0 aliphatic carbocycles. The Morgan fingerprint density at radius 2 is 1.95 bits per heavy atom. The number of hydrogen-bond acceptors (Lipinski definition) is 8. The van der Waals surface area contributed by atoms with E-state index < -0.39 is 23.4 Å². The molecule has 210 valence electrons. The number of halogens is 2. The van der Waals surface area contributed by atoms with Gasteiger partial charge in [0.05, 0.1) is 30.4 Å². The van der Waals surface area contributed by atoms with Crippen molar-refractivity contribution in [1.29, 1.82) is 0 Å². The summed E-state index contributed by atoms with van der Waals surface area (Å²) in [6.45, 7) is 5.02. The van der Waals surface area contributed by atoms with Gasteiger partial charge in [0.15, 0.2) is 0 Å². The first-order valence-electron chi connectivity index (χ1n) is 12.9. The van der Waals surface area contributed by atoms with Crippen LogP contribution in [0, 0.1) is 5.82 Å². The van der Waals surface area contributed by atoms with Gasteiger partial charge in [-0.15, -0.1) is 0 Å². The summed E-state index contributed by atoms with van der Waals surface area (Å²) in [6, 6.07) is 13.9. The largest absolute Gasteiger partial charge is 0.513 e. The molecule has 1 N–H and O–H groups in total. The van der Waals surface area contributed by atoms with Crippen LogP contribution in [-0.4, -0.2) is 45.0 Å². The molecule has 1 atom stereocenters. The Balaban J connectivity index is 1.55. The number of nitrogens with one attached hydrogen (secondary N) is 1. The van der Waals surface area contributed by atoms with Crippen LogP contribution >= 0.6 is 34.7 Å². The summed E-state index contributed by atoms with van der Waals surface area (Å²) >= 11 is 8.80. The molecule has 2 aromatic carbocycles. The molecule has 3 heterocycles. The molecule has 1 unspecified atom stereocenters. The molecule has 0 saturated carbocycles. The lowest BCUT2D eigenvalue weighted by atomic mass is 9.79. The standard InChI is InChI=1S/C29H28ClFN2O5S2/c1-2-12-37-28(35)38-24-17-29(20-9-15-39-18-20,19-3-6-22(7-4-19)33-10-13-36-14-11-33)32-27(34)26(24)40-25-8-5-21(31)16-23(25)30/h3-9,15-16,18H,2,10-14,17H2,1H3,(H,32,34). The molecule has 40 heavy (non-hydrogen) atoms. The number of rotatable bonds is 8. The van der Waals surface area contributed by atoms with E-state index in [4.69, 9.17) is 25.8 Å². The number of ether oxygens (including phenoxy) is 3. The Hall–Kier alpha value is -3.05. The summed E-state index contributed by atoms with van der Waals surface area (Å²) in [5.41, 5.74) is 1.75. The van der Waals surface area contributed by atoms with E-state index in [9.17, 15) is 14.0 Å². The lowest BCUT2D eigenvalue weighted by molar-refractivity contribution is -0.119. The number of carbonyl (C=O) groups is 2. The summed E-state index contributed by atoms with van der Waals surface area (Å²) in [5.74, 6) is -0.787. The zero-order chi connectivity index (χ0) is 28.1. The Kier molecular flexibility index (Phi) is 9.00. The van der Waals surface area contributed by atoms with Crippen LogP contribution in [0.5, 0.6) is 0 Å². The van der Waals surface area contributed by atoms with Crippen molar-refractivity contribution in [3.63, 3.8) is 0 Å². The highest BCUT2D eigenvalue weighted by atomic mass is 35.5. The van der Waals surface area contributed by atoms with Crippen LogP contribution < -0.4 is 10.2 Å². The number of thioether (sulfide) groups is 1. The van der Waals surface area contributed by atoms with Crippen molar-refractivity contribution in [3.8, 4) is 0 Å². The number of benzene rings is 2. The van der Waals surface area contributed by atoms with Crippen molar-refractivity contribution in [2.24, 2.45) is 0 Å². The maximum absolute atomic E-state index is 13.8. The van der Waals surface area contributed by atoms with E-state index in [0.717, 1.165) is 41.7 Å². The molecule has 3 aromatic rings. The SMILES string of the molecule is CCCOC(=O)OC1=C(Sc2ccc(F)cc2Cl)C(=O)NC(c2ccc(N3CCOCC3)cc2)(c2ccsc2)C1. The molecular formula is C29H28ClFN2O5S2. The average molecular weight is 603 g/mol. The second kappa shape index (κ2) is 12.6. The van der Waals surface area contributed by atoms with E-state index in [1.54, 1.807) is 0 Å². The van der Waals surface area contributed by atoms with E-state index in [0.29, 0.717) is 24.5 Å². The minimum atomic E-state index is -1.00. The lowest BCUT2D eigenvalue weighted by Gasteiger charge is -2.39. The minimum Gasteiger partial charge on any atom is -0.434 e. The molecule has 2 aliphatic rings. The average Bonchev–Trinajstić information content (AvgIpc) is 3.51. The quantitative estimate of drug-likeness (QED) is 0.287. The molecule has 0 bridgehead atoms. The van der Waals surface area contributed by atoms with Crippen LogP contribution in [0.15, 0.2) is 74.9 Å². The molecular weight excluding hydrogens is 575 g/mol. The van der Waals surface area contributed by atoms with E-state index in [1.165, 1.54) is 29.5 Å². The van der Waals surface area contributed by atoms with Crippen LogP contribution in [0.3, 0.4) is 0 Å². The highest BCUT2D eigenvalue weighted by molar-refractivity contribution is 8.04. The molecule has 1 saturated heterocycles. The Labute approximate surface area is 245 Å². The molecule has 0 radical (unpaired) electrons. The van der Waals surface area contributed by atoms with Gasteiger partial charge in [-0.05, 0) is 64.7 Å². The van der Waals surface area contributed by atoms with E-state index in [1.807, 2.05) is 48.0 Å². The summed E-state index contributed by atoms with van der Waals surface area (Å²) in [5, 5.41) is 7.25. The van der Waals surface area contributed by atoms with Gasteiger partial charge in [-0.1, -0.05) is 42.4 Å². The minimum absolute atomic E-state index is 0.145. The van der Waals surface area contributed by atoms with Gasteiger partial charge in [-0.25, -0.2) is 9.18 Å². The molecule has 1 fully saturated rings. The second-order valence-corrected chi connectivity index (χ2v) is 11.6. The molecule has 0 spiro atoms. The second-order valence-electron chi connectivity index (χ2n) is 9.32. The van der Waals surface area contributed by atoms with Gasteiger partial charge >= 0.3 is 6.16 Å². The van der Waals surface area contributed by atoms with Crippen molar-refractivity contribution in [2.45, 2.75) is 30.2 Å². The third-order valence-electron chi connectivity index (χ3n) is 6.70. The van der Waals surface area contributed by atoms with Crippen molar-refractivity contribution >= 4 is 52.4 Å². The zero-order valence-corrected chi connectivity index (χ0v) is 24.2. The maximum Gasteiger partial charge on any atom is 0.513 e. The van der Waals surface area contributed by atoms with E-state index in [-0.39, 0.29) is 28.7 Å². The number of hydrogen-bond donors (Lipinski definition) is 1. The van der Waals surface area contributed by atoms with Crippen LogP contribution in [0.4, 0.5) is 14.9 Å². The van der Waals surface area contributed by atoms with E-state index in [2.05, 4.69) is 10.2 Å². The zero-order valence-electron chi connectivity index (χ0n) is 21.8. The fourth-order valence-corrected chi connectivity index (χ4v) is 6.61. The molecule has 2 aliphatic heterocycles. The monoisotopic (exact) mass is 602 g/mol. The van der Waals surface area contributed by atoms with Crippen LogP contribution in [-0.2, 0) is 24.5 Å². The highest BCUT2D eigenvalue weighted by Crippen LogP contribution is 2.45. The van der Waals surface area contributed by atoms with Crippen molar-refractivity contribution in [1.82, 2.24) is 5.32 Å². The summed E-state index contributed by atoms with van der Waals surface area (Å²) in [4.78, 5) is 29.3. The van der Waals surface area contributed by atoms with Gasteiger partial charge < -0.3 is 24.4 Å².